The maximum atomic E-state index is 12.9. The predicted octanol–water partition coefficient (Wildman–Crippen LogP) is 1.68. The van der Waals surface area contributed by atoms with E-state index in [1.807, 2.05) is 0 Å². The summed E-state index contributed by atoms with van der Waals surface area (Å²) in [6, 6.07) is 5.76. The molecule has 8 heteroatoms. The van der Waals surface area contributed by atoms with Crippen molar-refractivity contribution in [3.63, 3.8) is 0 Å². The Morgan fingerprint density at radius 2 is 1.91 bits per heavy atom. The molecule has 2 heterocycles. The summed E-state index contributed by atoms with van der Waals surface area (Å²) in [5.74, 6) is -0.393. The maximum absolute atomic E-state index is 12.9. The average Bonchev–Trinajstić information content (AvgIpc) is 3.10. The van der Waals surface area contributed by atoms with Gasteiger partial charge in [-0.05, 0) is 36.5 Å². The number of aromatic amines is 1. The van der Waals surface area contributed by atoms with Gasteiger partial charge in [0.1, 0.15) is 5.82 Å². The number of hydrogen-bond acceptors (Lipinski definition) is 4. The molecule has 1 aliphatic rings. The van der Waals surface area contributed by atoms with Gasteiger partial charge in [-0.3, -0.25) is 0 Å². The van der Waals surface area contributed by atoms with E-state index in [9.17, 15) is 17.9 Å². The highest BCUT2D eigenvalue weighted by molar-refractivity contribution is 7.89. The summed E-state index contributed by atoms with van der Waals surface area (Å²) in [7, 11) is -3.55. The first-order chi connectivity index (χ1) is 11.0. The minimum absolute atomic E-state index is 0.0475. The van der Waals surface area contributed by atoms with Gasteiger partial charge in [0, 0.05) is 13.1 Å². The van der Waals surface area contributed by atoms with E-state index >= 15 is 0 Å². The molecule has 0 aliphatic carbocycles. The monoisotopic (exact) mass is 339 g/mol. The van der Waals surface area contributed by atoms with Crippen LogP contribution in [0.5, 0.6) is 0 Å². The number of H-pyrrole nitrogens is 1. The van der Waals surface area contributed by atoms with E-state index < -0.39 is 16.1 Å². The number of aromatic nitrogens is 2. The van der Waals surface area contributed by atoms with Gasteiger partial charge in [-0.25, -0.2) is 17.8 Å². The van der Waals surface area contributed by atoms with Crippen molar-refractivity contribution in [2.45, 2.75) is 24.0 Å². The standard InChI is InChI=1S/C15H18FN3O3S/c16-13-3-1-11(2-4-13)15(20)12-5-7-19(8-6-12)23(21,22)14-9-17-10-18-14/h1-4,9-10,12,15,20H,5-8H2,(H,17,18). The first-order valence-corrected chi connectivity index (χ1v) is 8.84. The first kappa shape index (κ1) is 16.1. The van der Waals surface area contributed by atoms with Crippen LogP contribution < -0.4 is 0 Å². The van der Waals surface area contributed by atoms with E-state index in [-0.39, 0.29) is 16.8 Å². The number of halogens is 1. The molecule has 1 aromatic carbocycles. The van der Waals surface area contributed by atoms with Crippen LogP contribution in [0.25, 0.3) is 0 Å². The van der Waals surface area contributed by atoms with Gasteiger partial charge >= 0.3 is 0 Å². The highest BCUT2D eigenvalue weighted by Gasteiger charge is 2.33. The number of benzene rings is 1. The van der Waals surface area contributed by atoms with Crippen molar-refractivity contribution in [3.05, 3.63) is 48.2 Å². The van der Waals surface area contributed by atoms with Crippen molar-refractivity contribution in [2.24, 2.45) is 5.92 Å². The Kier molecular flexibility index (Phi) is 4.47. The molecule has 1 aromatic heterocycles. The molecule has 1 fully saturated rings. The quantitative estimate of drug-likeness (QED) is 0.887. The molecule has 0 amide bonds. The molecule has 6 nitrogen and oxygen atoms in total. The van der Waals surface area contributed by atoms with Gasteiger partial charge in [-0.2, -0.15) is 4.31 Å². The molecule has 124 valence electrons. The molecule has 1 unspecified atom stereocenters. The molecule has 1 aliphatic heterocycles. The first-order valence-electron chi connectivity index (χ1n) is 7.40. The molecule has 2 N–H and O–H groups in total. The molecule has 0 radical (unpaired) electrons. The van der Waals surface area contributed by atoms with Crippen LogP contribution in [0.2, 0.25) is 0 Å². The molecular formula is C15H18FN3O3S. The number of rotatable bonds is 4. The lowest BCUT2D eigenvalue weighted by Gasteiger charge is -2.33. The molecule has 1 atom stereocenters. The number of nitrogens with one attached hydrogen (secondary N) is 1. The van der Waals surface area contributed by atoms with Crippen molar-refractivity contribution in [1.82, 2.24) is 14.3 Å². The van der Waals surface area contributed by atoms with Crippen LogP contribution in [-0.2, 0) is 10.0 Å². The third-order valence-electron chi connectivity index (χ3n) is 4.25. The van der Waals surface area contributed by atoms with Crippen LogP contribution in [0, 0.1) is 11.7 Å². The number of imidazole rings is 1. The van der Waals surface area contributed by atoms with Crippen molar-refractivity contribution in [2.75, 3.05) is 13.1 Å². The zero-order valence-electron chi connectivity index (χ0n) is 12.4. The summed E-state index contributed by atoms with van der Waals surface area (Å²) in [5, 5.41) is 10.5. The van der Waals surface area contributed by atoms with Crippen molar-refractivity contribution in [1.29, 1.82) is 0 Å². The largest absolute Gasteiger partial charge is 0.388 e. The summed E-state index contributed by atoms with van der Waals surface area (Å²) in [5.41, 5.74) is 0.654. The Hall–Kier alpha value is -1.77. The second-order valence-corrected chi connectivity index (χ2v) is 7.56. The fourth-order valence-electron chi connectivity index (χ4n) is 2.89. The molecular weight excluding hydrogens is 321 g/mol. The second-order valence-electron chi connectivity index (χ2n) is 5.65. The number of piperidine rings is 1. The molecule has 0 bridgehead atoms. The highest BCUT2D eigenvalue weighted by atomic mass is 32.2. The minimum Gasteiger partial charge on any atom is -0.388 e. The van der Waals surface area contributed by atoms with Gasteiger partial charge < -0.3 is 10.1 Å². The molecule has 0 saturated carbocycles. The zero-order valence-corrected chi connectivity index (χ0v) is 13.2. The summed E-state index contributed by atoms with van der Waals surface area (Å²) in [6.45, 7) is 0.675. The zero-order chi connectivity index (χ0) is 16.4. The molecule has 0 spiro atoms. The van der Waals surface area contributed by atoms with Gasteiger partial charge in [0.2, 0.25) is 0 Å². The lowest BCUT2D eigenvalue weighted by atomic mass is 9.88. The number of aliphatic hydroxyl groups excluding tert-OH is 1. The van der Waals surface area contributed by atoms with Crippen LogP contribution in [0.4, 0.5) is 4.39 Å². The molecule has 23 heavy (non-hydrogen) atoms. The van der Waals surface area contributed by atoms with Crippen molar-refractivity contribution in [3.8, 4) is 0 Å². The van der Waals surface area contributed by atoms with Crippen LogP contribution in [0.1, 0.15) is 24.5 Å². The highest BCUT2D eigenvalue weighted by Crippen LogP contribution is 2.32. The SMILES string of the molecule is O=S(=O)(c1cnc[nH]1)N1CCC(C(O)c2ccc(F)cc2)CC1. The topological polar surface area (TPSA) is 86.3 Å². The van der Waals surface area contributed by atoms with E-state index in [2.05, 4.69) is 9.97 Å². The van der Waals surface area contributed by atoms with Gasteiger partial charge in [0.25, 0.3) is 10.0 Å². The van der Waals surface area contributed by atoms with Crippen LogP contribution >= 0.6 is 0 Å². The smallest absolute Gasteiger partial charge is 0.260 e. The summed E-state index contributed by atoms with van der Waals surface area (Å²) in [4.78, 5) is 6.36. The number of sulfonamides is 1. The Morgan fingerprint density at radius 1 is 1.26 bits per heavy atom. The average molecular weight is 339 g/mol. The Bertz CT molecular complexity index is 739. The Labute approximate surface area is 134 Å². The number of nitrogens with zero attached hydrogens (tertiary/aromatic N) is 2. The fraction of sp³-hybridized carbons (Fsp3) is 0.400. The van der Waals surface area contributed by atoms with Crippen molar-refractivity contribution < 1.29 is 17.9 Å². The second kappa shape index (κ2) is 6.38. The normalized spacial score (nSPS) is 18.9. The lowest BCUT2D eigenvalue weighted by molar-refractivity contribution is 0.0759. The van der Waals surface area contributed by atoms with Gasteiger partial charge in [-0.15, -0.1) is 0 Å². The van der Waals surface area contributed by atoms with E-state index in [0.717, 1.165) is 0 Å². The van der Waals surface area contributed by atoms with E-state index in [4.69, 9.17) is 0 Å². The summed E-state index contributed by atoms with van der Waals surface area (Å²) in [6.07, 6.45) is 3.00. The van der Waals surface area contributed by atoms with Crippen molar-refractivity contribution >= 4 is 10.0 Å². The lowest BCUT2D eigenvalue weighted by Crippen LogP contribution is -2.39. The summed E-state index contributed by atoms with van der Waals surface area (Å²) < 4.78 is 39.1. The van der Waals surface area contributed by atoms with Crippen LogP contribution in [-0.4, -0.2) is 40.9 Å². The van der Waals surface area contributed by atoms with Gasteiger partial charge in [-0.1, -0.05) is 12.1 Å². The number of hydrogen-bond donors (Lipinski definition) is 2. The molecule has 3 rings (SSSR count). The van der Waals surface area contributed by atoms with E-state index in [1.54, 1.807) is 12.1 Å². The number of aliphatic hydroxyl groups is 1. The van der Waals surface area contributed by atoms with Gasteiger partial charge in [0.15, 0.2) is 5.03 Å². The minimum atomic E-state index is -3.55. The van der Waals surface area contributed by atoms with E-state index in [0.29, 0.717) is 31.5 Å². The third kappa shape index (κ3) is 3.29. The molecule has 1 saturated heterocycles. The maximum Gasteiger partial charge on any atom is 0.260 e. The third-order valence-corrected chi connectivity index (χ3v) is 6.07. The van der Waals surface area contributed by atoms with E-state index in [1.165, 1.54) is 29.0 Å². The molecule has 2 aromatic rings. The Balaban J connectivity index is 1.65. The van der Waals surface area contributed by atoms with Crippen LogP contribution in [0.3, 0.4) is 0 Å². The Morgan fingerprint density at radius 3 is 2.48 bits per heavy atom. The van der Waals surface area contributed by atoms with Gasteiger partial charge in [0.05, 0.1) is 18.6 Å². The fourth-order valence-corrected chi connectivity index (χ4v) is 4.25. The predicted molar refractivity (Wildman–Crippen MR) is 81.4 cm³/mol. The van der Waals surface area contributed by atoms with Crippen LogP contribution in [0.15, 0.2) is 41.8 Å². The summed E-state index contributed by atoms with van der Waals surface area (Å²) >= 11 is 0.